The van der Waals surface area contributed by atoms with Crippen LogP contribution in [0.2, 0.25) is 0 Å². The first-order valence-corrected chi connectivity index (χ1v) is 9.65. The Morgan fingerprint density at radius 3 is 2.63 bits per heavy atom. The van der Waals surface area contributed by atoms with E-state index >= 15 is 0 Å². The molecule has 5 nitrogen and oxygen atoms in total. The third-order valence-corrected chi connectivity index (χ3v) is 5.74. The highest BCUT2D eigenvalue weighted by Gasteiger charge is 2.32. The average Bonchev–Trinajstić information content (AvgIpc) is 3.22. The Labute approximate surface area is 167 Å². The molecule has 1 amide bonds. The highest BCUT2D eigenvalue weighted by molar-refractivity contribution is 8.26. The molecule has 7 heteroatoms. The van der Waals surface area contributed by atoms with Crippen LogP contribution in [0, 0.1) is 0 Å². The highest BCUT2D eigenvalue weighted by Crippen LogP contribution is 2.36. The quantitative estimate of drug-likeness (QED) is 0.575. The van der Waals surface area contributed by atoms with E-state index in [4.69, 9.17) is 21.7 Å². The second kappa shape index (κ2) is 7.25. The zero-order valence-electron chi connectivity index (χ0n) is 15.0. The summed E-state index contributed by atoms with van der Waals surface area (Å²) in [5.41, 5.74) is 3.04. The zero-order valence-corrected chi connectivity index (χ0v) is 16.6. The van der Waals surface area contributed by atoms with Crippen LogP contribution >= 0.6 is 24.0 Å². The van der Waals surface area contributed by atoms with Crippen molar-refractivity contribution in [3.63, 3.8) is 0 Å². The molecule has 0 unspecified atom stereocenters. The Balaban J connectivity index is 1.51. The van der Waals surface area contributed by atoms with E-state index in [1.165, 1.54) is 11.8 Å². The Morgan fingerprint density at radius 1 is 1.15 bits per heavy atom. The Hall–Kier alpha value is -2.51. The van der Waals surface area contributed by atoms with Crippen molar-refractivity contribution in [1.29, 1.82) is 0 Å². The lowest BCUT2D eigenvalue weighted by Gasteiger charge is -2.14. The van der Waals surface area contributed by atoms with Gasteiger partial charge in [0.15, 0.2) is 11.5 Å². The first-order chi connectivity index (χ1) is 13.0. The molecule has 0 spiro atoms. The van der Waals surface area contributed by atoms with Gasteiger partial charge in [0.2, 0.25) is 6.79 Å². The van der Waals surface area contributed by atoms with E-state index in [-0.39, 0.29) is 12.7 Å². The number of thioether (sulfide) groups is 1. The number of ether oxygens (including phenoxy) is 2. The number of hydrogen-bond donors (Lipinski definition) is 0. The molecule has 2 aromatic carbocycles. The van der Waals surface area contributed by atoms with Crippen LogP contribution in [0.3, 0.4) is 0 Å². The van der Waals surface area contributed by atoms with Crippen LogP contribution in [0.15, 0.2) is 47.4 Å². The van der Waals surface area contributed by atoms with E-state index in [2.05, 4.69) is 0 Å². The number of benzene rings is 2. The topological polar surface area (TPSA) is 42.0 Å². The third kappa shape index (κ3) is 3.65. The van der Waals surface area contributed by atoms with Gasteiger partial charge in [-0.15, -0.1) is 0 Å². The number of hydrogen-bond acceptors (Lipinski definition) is 6. The molecule has 2 heterocycles. The van der Waals surface area contributed by atoms with Gasteiger partial charge in [-0.05, 0) is 41.5 Å². The maximum Gasteiger partial charge on any atom is 0.266 e. The van der Waals surface area contributed by atoms with Crippen LogP contribution in [0.25, 0.3) is 6.08 Å². The zero-order chi connectivity index (χ0) is 19.0. The molecule has 1 fully saturated rings. The lowest BCUT2D eigenvalue weighted by atomic mass is 10.1. The second-order valence-corrected chi connectivity index (χ2v) is 8.12. The summed E-state index contributed by atoms with van der Waals surface area (Å²) in [6.45, 7) is 0.646. The molecule has 0 aliphatic carbocycles. The molecule has 0 atom stereocenters. The van der Waals surface area contributed by atoms with Crippen molar-refractivity contribution in [2.45, 2.75) is 6.54 Å². The number of thiocarbonyl (C=S) groups is 1. The molecule has 2 aromatic rings. The van der Waals surface area contributed by atoms with Crippen molar-refractivity contribution in [1.82, 2.24) is 4.90 Å². The first kappa shape index (κ1) is 17.9. The van der Waals surface area contributed by atoms with E-state index in [0.717, 1.165) is 22.6 Å². The van der Waals surface area contributed by atoms with Crippen LogP contribution in [0.4, 0.5) is 5.69 Å². The average molecular weight is 399 g/mol. The minimum absolute atomic E-state index is 0.0700. The van der Waals surface area contributed by atoms with Gasteiger partial charge in [-0.1, -0.05) is 42.2 Å². The van der Waals surface area contributed by atoms with Crippen LogP contribution in [0.5, 0.6) is 11.5 Å². The van der Waals surface area contributed by atoms with Gasteiger partial charge in [0, 0.05) is 19.8 Å². The molecule has 27 heavy (non-hydrogen) atoms. The minimum atomic E-state index is -0.0700. The molecule has 0 bridgehead atoms. The third-order valence-electron chi connectivity index (χ3n) is 4.36. The van der Waals surface area contributed by atoms with Gasteiger partial charge in [-0.2, -0.15) is 0 Å². The van der Waals surface area contributed by atoms with Crippen LogP contribution in [-0.2, 0) is 11.3 Å². The first-order valence-electron chi connectivity index (χ1n) is 8.42. The van der Waals surface area contributed by atoms with Crippen molar-refractivity contribution in [3.8, 4) is 11.5 Å². The molecule has 2 aliphatic heterocycles. The highest BCUT2D eigenvalue weighted by atomic mass is 32.2. The number of nitrogens with zero attached hydrogens (tertiary/aromatic N) is 2. The number of fused-ring (bicyclic) bond motifs is 1. The number of amides is 1. The van der Waals surface area contributed by atoms with Gasteiger partial charge >= 0.3 is 0 Å². The monoisotopic (exact) mass is 398 g/mol. The van der Waals surface area contributed by atoms with E-state index in [1.807, 2.05) is 67.5 Å². The van der Waals surface area contributed by atoms with Gasteiger partial charge in [0.05, 0.1) is 11.4 Å². The minimum Gasteiger partial charge on any atom is -0.454 e. The Kier molecular flexibility index (Phi) is 4.80. The molecule has 1 saturated heterocycles. The second-order valence-electron chi connectivity index (χ2n) is 6.44. The molecule has 0 N–H and O–H groups in total. The molecule has 4 rings (SSSR count). The summed E-state index contributed by atoms with van der Waals surface area (Å²) in [6, 6.07) is 13.7. The molecular weight excluding hydrogens is 380 g/mol. The van der Waals surface area contributed by atoms with Crippen LogP contribution in [0.1, 0.15) is 11.1 Å². The van der Waals surface area contributed by atoms with E-state index in [1.54, 1.807) is 4.90 Å². The fourth-order valence-corrected chi connectivity index (χ4v) is 4.13. The maximum atomic E-state index is 12.8. The fraction of sp³-hybridized carbons (Fsp3) is 0.200. The summed E-state index contributed by atoms with van der Waals surface area (Å²) in [5, 5.41) is 0. The summed E-state index contributed by atoms with van der Waals surface area (Å²) in [5.74, 6) is 1.36. The summed E-state index contributed by atoms with van der Waals surface area (Å²) >= 11 is 6.76. The molecule has 138 valence electrons. The fourth-order valence-electron chi connectivity index (χ4n) is 2.88. The van der Waals surface area contributed by atoms with Gasteiger partial charge in [0.1, 0.15) is 4.32 Å². The van der Waals surface area contributed by atoms with Crippen LogP contribution in [-0.4, -0.2) is 36.0 Å². The predicted octanol–water partition coefficient (Wildman–Crippen LogP) is 3.88. The number of carbonyl (C=O) groups excluding carboxylic acids is 1. The number of anilines is 1. The Bertz CT molecular complexity index is 939. The van der Waals surface area contributed by atoms with Crippen molar-refractivity contribution in [2.75, 3.05) is 25.8 Å². The summed E-state index contributed by atoms with van der Waals surface area (Å²) in [6.07, 6.45) is 1.89. The maximum absolute atomic E-state index is 12.8. The summed E-state index contributed by atoms with van der Waals surface area (Å²) in [7, 11) is 3.99. The van der Waals surface area contributed by atoms with E-state index in [9.17, 15) is 4.79 Å². The SMILES string of the molecule is CN(C)c1ccc(/C=C2\SC(=S)N(Cc3ccc4c(c3)OCO4)C2=O)cc1. The van der Waals surface area contributed by atoms with Crippen molar-refractivity contribution >= 4 is 46.0 Å². The van der Waals surface area contributed by atoms with Crippen molar-refractivity contribution in [3.05, 3.63) is 58.5 Å². The van der Waals surface area contributed by atoms with E-state index < -0.39 is 0 Å². The lowest BCUT2D eigenvalue weighted by molar-refractivity contribution is -0.122. The van der Waals surface area contributed by atoms with Gasteiger partial charge in [0.25, 0.3) is 5.91 Å². The molecule has 0 radical (unpaired) electrons. The lowest BCUT2D eigenvalue weighted by Crippen LogP contribution is -2.27. The Morgan fingerprint density at radius 2 is 1.89 bits per heavy atom. The van der Waals surface area contributed by atoms with E-state index in [0.29, 0.717) is 21.5 Å². The molecule has 0 saturated carbocycles. The van der Waals surface area contributed by atoms with Crippen LogP contribution < -0.4 is 14.4 Å². The number of rotatable bonds is 4. The van der Waals surface area contributed by atoms with Crippen molar-refractivity contribution in [2.24, 2.45) is 0 Å². The number of carbonyl (C=O) groups is 1. The summed E-state index contributed by atoms with van der Waals surface area (Å²) < 4.78 is 11.3. The molecule has 0 aromatic heterocycles. The standard InChI is InChI=1S/C20H18N2O3S2/c1-21(2)15-6-3-13(4-7-15)10-18-19(23)22(20(26)27-18)11-14-5-8-16-17(9-14)25-12-24-16/h3-10H,11-12H2,1-2H3/b18-10-. The molecular formula is C20H18N2O3S2. The van der Waals surface area contributed by atoms with Crippen molar-refractivity contribution < 1.29 is 14.3 Å². The smallest absolute Gasteiger partial charge is 0.266 e. The normalized spacial score (nSPS) is 17.1. The summed E-state index contributed by atoms with van der Waals surface area (Å²) in [4.78, 5) is 17.1. The van der Waals surface area contributed by atoms with Gasteiger partial charge < -0.3 is 14.4 Å². The largest absolute Gasteiger partial charge is 0.454 e. The molecule has 2 aliphatic rings. The van der Waals surface area contributed by atoms with Gasteiger partial charge in [-0.3, -0.25) is 9.69 Å². The predicted molar refractivity (Wildman–Crippen MR) is 112 cm³/mol. The van der Waals surface area contributed by atoms with Gasteiger partial charge in [-0.25, -0.2) is 0 Å².